The third kappa shape index (κ3) is 5.52. The molecule has 0 amide bonds. The maximum atomic E-state index is 11.8. The van der Waals surface area contributed by atoms with Gasteiger partial charge in [0, 0.05) is 46.9 Å². The van der Waals surface area contributed by atoms with Gasteiger partial charge in [-0.25, -0.2) is 0 Å². The Morgan fingerprint density at radius 1 is 1.17 bits per heavy atom. The van der Waals surface area contributed by atoms with Crippen molar-refractivity contribution >= 4 is 22.4 Å². The first-order chi connectivity index (χ1) is 14.5. The zero-order valence-electron chi connectivity index (χ0n) is 17.9. The second-order valence-corrected chi connectivity index (χ2v) is 10.8. The Morgan fingerprint density at radius 3 is 2.50 bits per heavy atom. The van der Waals surface area contributed by atoms with Crippen molar-refractivity contribution in [3.8, 4) is 0 Å². The van der Waals surface area contributed by atoms with E-state index in [4.69, 9.17) is 16.3 Å². The number of aryl methyl sites for hydroxylation is 1. The van der Waals surface area contributed by atoms with E-state index in [2.05, 4.69) is 39.9 Å². The number of nitrogens with zero attached hydrogens (tertiary/aromatic N) is 3. The van der Waals surface area contributed by atoms with Crippen molar-refractivity contribution in [1.82, 2.24) is 14.7 Å². The molecule has 2 heterocycles. The molecule has 0 spiro atoms. The minimum Gasteiger partial charge on any atom is -0.374 e. The maximum Gasteiger partial charge on any atom is 0.0817 e. The van der Waals surface area contributed by atoms with Gasteiger partial charge in [-0.15, -0.1) is 0 Å². The van der Waals surface area contributed by atoms with Crippen LogP contribution in [0.1, 0.15) is 42.9 Å². The summed E-state index contributed by atoms with van der Waals surface area (Å²) in [6, 6.07) is 9.56. The number of rotatable bonds is 6. The molecule has 2 aliphatic rings. The van der Waals surface area contributed by atoms with Gasteiger partial charge in [0.2, 0.25) is 0 Å². The van der Waals surface area contributed by atoms with E-state index in [1.807, 2.05) is 18.3 Å². The van der Waals surface area contributed by atoms with Crippen molar-refractivity contribution in [3.05, 3.63) is 52.8 Å². The van der Waals surface area contributed by atoms with Crippen molar-refractivity contribution in [2.24, 2.45) is 0 Å². The molecule has 3 atom stereocenters. The second kappa shape index (κ2) is 9.94. The lowest BCUT2D eigenvalue weighted by Gasteiger charge is -2.46. The number of hydrogen-bond acceptors (Lipinski definition) is 4. The molecule has 1 aliphatic heterocycles. The van der Waals surface area contributed by atoms with Gasteiger partial charge in [-0.2, -0.15) is 5.10 Å². The largest absolute Gasteiger partial charge is 0.374 e. The van der Waals surface area contributed by atoms with Crippen LogP contribution in [0.15, 0.2) is 36.7 Å². The van der Waals surface area contributed by atoms with Gasteiger partial charge in [0.05, 0.1) is 30.7 Å². The summed E-state index contributed by atoms with van der Waals surface area (Å²) in [6.45, 7) is 3.67. The standard InChI is InChI=1S/C23H32ClN3O2S/c1-17-12-25-27(13-17)21-9-7-20(8-10-21)26-14-23(16-30(2)28)29-15-22(26)11-18-3-5-19(24)6-4-18/h3-6,12-13,20-23H,7-11,14-16H2,1-2H3. The average molecular weight is 450 g/mol. The Labute approximate surface area is 187 Å². The lowest BCUT2D eigenvalue weighted by atomic mass is 9.88. The van der Waals surface area contributed by atoms with Crippen molar-refractivity contribution in [2.45, 2.75) is 63.3 Å². The Balaban J connectivity index is 1.44. The van der Waals surface area contributed by atoms with E-state index in [9.17, 15) is 4.21 Å². The van der Waals surface area contributed by atoms with Crippen LogP contribution in [0.3, 0.4) is 0 Å². The van der Waals surface area contributed by atoms with Gasteiger partial charge in [0.25, 0.3) is 0 Å². The molecular formula is C23H32ClN3O2S. The van der Waals surface area contributed by atoms with Crippen LogP contribution in [0.4, 0.5) is 0 Å². The van der Waals surface area contributed by atoms with Crippen LogP contribution in [-0.2, 0) is 22.0 Å². The molecule has 2 fully saturated rings. The number of aromatic nitrogens is 2. The van der Waals surface area contributed by atoms with Crippen LogP contribution in [0, 0.1) is 6.92 Å². The zero-order chi connectivity index (χ0) is 21.1. The van der Waals surface area contributed by atoms with Gasteiger partial charge in [-0.1, -0.05) is 23.7 Å². The number of hydrogen-bond donors (Lipinski definition) is 0. The molecule has 0 bridgehead atoms. The summed E-state index contributed by atoms with van der Waals surface area (Å²) in [5, 5.41) is 5.31. The molecule has 30 heavy (non-hydrogen) atoms. The number of morpholine rings is 1. The molecule has 2 aromatic rings. The topological polar surface area (TPSA) is 47.4 Å². The van der Waals surface area contributed by atoms with E-state index >= 15 is 0 Å². The minimum atomic E-state index is -0.841. The first kappa shape index (κ1) is 22.0. The molecule has 1 aliphatic carbocycles. The SMILES string of the molecule is Cc1cnn(C2CCC(N3CC(CS(C)=O)OCC3Cc3ccc(Cl)cc3)CC2)c1. The van der Waals surface area contributed by atoms with Gasteiger partial charge in [0.1, 0.15) is 0 Å². The highest BCUT2D eigenvalue weighted by molar-refractivity contribution is 7.84. The molecule has 0 N–H and O–H groups in total. The quantitative estimate of drug-likeness (QED) is 0.668. The molecule has 4 rings (SSSR count). The Hall–Kier alpha value is -1.21. The van der Waals surface area contributed by atoms with E-state index < -0.39 is 10.8 Å². The normalized spacial score (nSPS) is 29.0. The fraction of sp³-hybridized carbons (Fsp3) is 0.609. The van der Waals surface area contributed by atoms with Gasteiger partial charge >= 0.3 is 0 Å². The maximum absolute atomic E-state index is 11.8. The number of ether oxygens (including phenoxy) is 1. The summed E-state index contributed by atoms with van der Waals surface area (Å²) < 4.78 is 20.1. The highest BCUT2D eigenvalue weighted by Crippen LogP contribution is 2.33. The molecule has 164 valence electrons. The highest BCUT2D eigenvalue weighted by Gasteiger charge is 2.36. The van der Waals surface area contributed by atoms with Crippen molar-refractivity contribution in [2.75, 3.05) is 25.2 Å². The summed E-state index contributed by atoms with van der Waals surface area (Å²) in [6.07, 6.45) is 11.5. The Morgan fingerprint density at radius 2 is 1.87 bits per heavy atom. The van der Waals surface area contributed by atoms with Crippen LogP contribution in [0.25, 0.3) is 0 Å². The monoisotopic (exact) mass is 449 g/mol. The first-order valence-electron chi connectivity index (χ1n) is 10.9. The predicted molar refractivity (Wildman–Crippen MR) is 123 cm³/mol. The Kier molecular flexibility index (Phi) is 7.29. The lowest BCUT2D eigenvalue weighted by molar-refractivity contribution is -0.0763. The van der Waals surface area contributed by atoms with E-state index in [0.29, 0.717) is 30.5 Å². The number of halogens is 1. The average Bonchev–Trinajstić information content (AvgIpc) is 3.17. The Bertz CT molecular complexity index is 848. The van der Waals surface area contributed by atoms with Crippen LogP contribution >= 0.6 is 11.6 Å². The smallest absolute Gasteiger partial charge is 0.0817 e. The molecule has 0 radical (unpaired) electrons. The molecule has 3 unspecified atom stereocenters. The highest BCUT2D eigenvalue weighted by atomic mass is 35.5. The minimum absolute atomic E-state index is 0.0591. The fourth-order valence-corrected chi connectivity index (χ4v) is 5.80. The van der Waals surface area contributed by atoms with Crippen molar-refractivity contribution < 1.29 is 8.95 Å². The zero-order valence-corrected chi connectivity index (χ0v) is 19.4. The second-order valence-electron chi connectivity index (χ2n) is 8.84. The summed E-state index contributed by atoms with van der Waals surface area (Å²) in [5.74, 6) is 0.617. The van der Waals surface area contributed by atoms with E-state index in [1.54, 1.807) is 6.26 Å². The third-order valence-electron chi connectivity index (χ3n) is 6.45. The van der Waals surface area contributed by atoms with E-state index in [1.165, 1.54) is 24.0 Å². The third-order valence-corrected chi connectivity index (χ3v) is 7.55. The van der Waals surface area contributed by atoms with Gasteiger partial charge < -0.3 is 4.74 Å². The molecule has 1 aromatic carbocycles. The predicted octanol–water partition coefficient (Wildman–Crippen LogP) is 4.02. The molecule has 7 heteroatoms. The van der Waals surface area contributed by atoms with Crippen LogP contribution < -0.4 is 0 Å². The van der Waals surface area contributed by atoms with Crippen molar-refractivity contribution in [1.29, 1.82) is 0 Å². The van der Waals surface area contributed by atoms with Crippen LogP contribution in [0.5, 0.6) is 0 Å². The summed E-state index contributed by atoms with van der Waals surface area (Å²) >= 11 is 6.07. The molecule has 1 aromatic heterocycles. The molecule has 1 saturated carbocycles. The lowest BCUT2D eigenvalue weighted by Crippen LogP contribution is -2.56. The summed E-state index contributed by atoms with van der Waals surface area (Å²) in [7, 11) is -0.841. The van der Waals surface area contributed by atoms with Crippen LogP contribution in [-0.4, -0.2) is 62.2 Å². The summed E-state index contributed by atoms with van der Waals surface area (Å²) in [4.78, 5) is 2.65. The molecular weight excluding hydrogens is 418 g/mol. The van der Waals surface area contributed by atoms with Gasteiger partial charge in [-0.3, -0.25) is 13.8 Å². The molecule has 1 saturated heterocycles. The van der Waals surface area contributed by atoms with Crippen molar-refractivity contribution in [3.63, 3.8) is 0 Å². The number of benzene rings is 1. The van der Waals surface area contributed by atoms with E-state index in [-0.39, 0.29) is 6.10 Å². The summed E-state index contributed by atoms with van der Waals surface area (Å²) in [5.41, 5.74) is 2.51. The first-order valence-corrected chi connectivity index (χ1v) is 13.0. The fourth-order valence-electron chi connectivity index (χ4n) is 4.95. The van der Waals surface area contributed by atoms with Gasteiger partial charge in [-0.05, 0) is 62.3 Å². The van der Waals surface area contributed by atoms with E-state index in [0.717, 1.165) is 30.8 Å². The molecule has 5 nitrogen and oxygen atoms in total. The van der Waals surface area contributed by atoms with Crippen LogP contribution in [0.2, 0.25) is 5.02 Å². The van der Waals surface area contributed by atoms with Gasteiger partial charge in [0.15, 0.2) is 0 Å².